The summed E-state index contributed by atoms with van der Waals surface area (Å²) >= 11 is 5.87. The van der Waals surface area contributed by atoms with Crippen LogP contribution in [0, 0.1) is 0 Å². The van der Waals surface area contributed by atoms with E-state index in [0.29, 0.717) is 6.54 Å². The molecule has 0 atom stereocenters. The molecule has 0 bridgehead atoms. The van der Waals surface area contributed by atoms with E-state index in [1.54, 1.807) is 6.26 Å². The normalized spacial score (nSPS) is 12.8. The molecule has 0 aromatic carbocycles. The van der Waals surface area contributed by atoms with Gasteiger partial charge in [0.2, 0.25) is 5.28 Å². The molecule has 0 amide bonds. The highest BCUT2D eigenvalue weighted by atomic mass is 35.5. The van der Waals surface area contributed by atoms with E-state index in [1.807, 2.05) is 24.3 Å². The first-order valence-electron chi connectivity index (χ1n) is 5.32. The van der Waals surface area contributed by atoms with Crippen LogP contribution in [0.3, 0.4) is 0 Å². The maximum Gasteiger partial charge on any atom is 0.224 e. The standard InChI is InChI=1S/C12H10ClN3O/c13-12-15-10-5-1-4-9(10)11(16-12)14-7-8-3-2-6-17-8/h1-3,5-6H,4,7H2,(H,14,15,16). The van der Waals surface area contributed by atoms with Gasteiger partial charge in [0.25, 0.3) is 0 Å². The summed E-state index contributed by atoms with van der Waals surface area (Å²) in [6.45, 7) is 0.590. The third-order valence-electron chi connectivity index (χ3n) is 2.62. The smallest absolute Gasteiger partial charge is 0.224 e. The molecule has 2 heterocycles. The Morgan fingerprint density at radius 1 is 1.41 bits per heavy atom. The average molecular weight is 248 g/mol. The lowest BCUT2D eigenvalue weighted by molar-refractivity contribution is 0.517. The maximum absolute atomic E-state index is 5.87. The van der Waals surface area contributed by atoms with Gasteiger partial charge in [-0.2, -0.15) is 0 Å². The molecule has 86 valence electrons. The van der Waals surface area contributed by atoms with Crippen molar-refractivity contribution in [2.75, 3.05) is 5.32 Å². The number of nitrogens with one attached hydrogen (secondary N) is 1. The molecule has 0 unspecified atom stereocenters. The van der Waals surface area contributed by atoms with Crippen LogP contribution in [0.15, 0.2) is 28.9 Å². The number of anilines is 1. The zero-order valence-corrected chi connectivity index (χ0v) is 9.74. The van der Waals surface area contributed by atoms with E-state index < -0.39 is 0 Å². The first kappa shape index (κ1) is 10.4. The molecule has 0 radical (unpaired) electrons. The van der Waals surface area contributed by atoms with Crippen LogP contribution in [0.2, 0.25) is 5.28 Å². The quantitative estimate of drug-likeness (QED) is 0.848. The van der Waals surface area contributed by atoms with Crippen LogP contribution in [0.4, 0.5) is 5.82 Å². The predicted molar refractivity (Wildman–Crippen MR) is 65.8 cm³/mol. The van der Waals surface area contributed by atoms with E-state index in [1.165, 1.54) is 0 Å². The van der Waals surface area contributed by atoms with E-state index >= 15 is 0 Å². The first-order chi connectivity index (χ1) is 8.33. The fourth-order valence-corrected chi connectivity index (χ4v) is 2.01. The van der Waals surface area contributed by atoms with Crippen LogP contribution in [-0.4, -0.2) is 9.97 Å². The summed E-state index contributed by atoms with van der Waals surface area (Å²) in [6, 6.07) is 3.77. The highest BCUT2D eigenvalue weighted by Crippen LogP contribution is 2.25. The molecule has 0 aliphatic heterocycles. The molecule has 0 saturated carbocycles. The molecule has 2 aromatic heterocycles. The Morgan fingerprint density at radius 3 is 3.18 bits per heavy atom. The Kier molecular flexibility index (Phi) is 2.57. The summed E-state index contributed by atoms with van der Waals surface area (Å²) in [5.41, 5.74) is 1.98. The number of rotatable bonds is 3. The van der Waals surface area contributed by atoms with Crippen LogP contribution < -0.4 is 5.32 Å². The SMILES string of the molecule is Clc1nc2c(c(NCc3ccco3)n1)CC=C2. The number of halogens is 1. The zero-order valence-electron chi connectivity index (χ0n) is 8.98. The van der Waals surface area contributed by atoms with Crippen LogP contribution in [0.1, 0.15) is 17.0 Å². The summed E-state index contributed by atoms with van der Waals surface area (Å²) in [4.78, 5) is 8.37. The van der Waals surface area contributed by atoms with Crippen LogP contribution in [0.25, 0.3) is 6.08 Å². The molecule has 1 N–H and O–H groups in total. The summed E-state index contributed by atoms with van der Waals surface area (Å²) in [5.74, 6) is 1.64. The molecule has 3 rings (SSSR count). The molecule has 1 aliphatic carbocycles. The van der Waals surface area contributed by atoms with Gasteiger partial charge in [0.1, 0.15) is 11.6 Å². The average Bonchev–Trinajstić information content (AvgIpc) is 2.95. The van der Waals surface area contributed by atoms with Gasteiger partial charge in [-0.25, -0.2) is 9.97 Å². The molecule has 5 heteroatoms. The predicted octanol–water partition coefficient (Wildman–Crippen LogP) is 2.90. The van der Waals surface area contributed by atoms with Crippen molar-refractivity contribution < 1.29 is 4.42 Å². The van der Waals surface area contributed by atoms with E-state index in [-0.39, 0.29) is 5.28 Å². The highest BCUT2D eigenvalue weighted by Gasteiger charge is 2.14. The summed E-state index contributed by atoms with van der Waals surface area (Å²) in [7, 11) is 0. The van der Waals surface area contributed by atoms with Gasteiger partial charge in [0.15, 0.2) is 0 Å². The van der Waals surface area contributed by atoms with Gasteiger partial charge in [-0.3, -0.25) is 0 Å². The van der Waals surface area contributed by atoms with Crippen molar-refractivity contribution in [3.05, 3.63) is 46.8 Å². The fourth-order valence-electron chi connectivity index (χ4n) is 1.83. The topological polar surface area (TPSA) is 51.0 Å². The summed E-state index contributed by atoms with van der Waals surface area (Å²) in [6.07, 6.45) is 6.50. The van der Waals surface area contributed by atoms with Crippen LogP contribution in [-0.2, 0) is 13.0 Å². The van der Waals surface area contributed by atoms with Gasteiger partial charge in [0, 0.05) is 5.56 Å². The Bertz CT molecular complexity index is 563. The number of hydrogen-bond donors (Lipinski definition) is 1. The summed E-state index contributed by atoms with van der Waals surface area (Å²) in [5, 5.41) is 3.48. The minimum absolute atomic E-state index is 0.261. The lowest BCUT2D eigenvalue weighted by Gasteiger charge is -2.09. The van der Waals surface area contributed by atoms with Crippen molar-refractivity contribution in [3.63, 3.8) is 0 Å². The minimum atomic E-state index is 0.261. The maximum atomic E-state index is 5.87. The number of fused-ring (bicyclic) bond motifs is 1. The molecule has 0 saturated heterocycles. The van der Waals surface area contributed by atoms with E-state index in [4.69, 9.17) is 16.0 Å². The monoisotopic (exact) mass is 247 g/mol. The molecule has 1 aliphatic rings. The number of hydrogen-bond acceptors (Lipinski definition) is 4. The fraction of sp³-hybridized carbons (Fsp3) is 0.167. The van der Waals surface area contributed by atoms with Gasteiger partial charge in [0.05, 0.1) is 18.5 Å². The van der Waals surface area contributed by atoms with Gasteiger partial charge in [-0.15, -0.1) is 0 Å². The first-order valence-corrected chi connectivity index (χ1v) is 5.70. The van der Waals surface area contributed by atoms with Gasteiger partial charge < -0.3 is 9.73 Å². The number of furan rings is 1. The lowest BCUT2D eigenvalue weighted by atomic mass is 10.2. The number of allylic oxidation sites excluding steroid dienone is 1. The summed E-state index contributed by atoms with van der Waals surface area (Å²) < 4.78 is 5.25. The molecule has 0 fully saturated rings. The highest BCUT2D eigenvalue weighted by molar-refractivity contribution is 6.28. The molecular weight excluding hydrogens is 238 g/mol. The third kappa shape index (κ3) is 2.03. The largest absolute Gasteiger partial charge is 0.467 e. The van der Waals surface area contributed by atoms with Crippen molar-refractivity contribution in [1.82, 2.24) is 9.97 Å². The Hall–Kier alpha value is -1.81. The lowest BCUT2D eigenvalue weighted by Crippen LogP contribution is -2.05. The second kappa shape index (κ2) is 4.22. The Morgan fingerprint density at radius 2 is 2.35 bits per heavy atom. The van der Waals surface area contributed by atoms with Crippen molar-refractivity contribution in [3.8, 4) is 0 Å². The van der Waals surface area contributed by atoms with Gasteiger partial charge >= 0.3 is 0 Å². The molecule has 4 nitrogen and oxygen atoms in total. The zero-order chi connectivity index (χ0) is 11.7. The van der Waals surface area contributed by atoms with E-state index in [0.717, 1.165) is 29.3 Å². The minimum Gasteiger partial charge on any atom is -0.467 e. The Balaban J connectivity index is 1.84. The van der Waals surface area contributed by atoms with Crippen LogP contribution >= 0.6 is 11.6 Å². The van der Waals surface area contributed by atoms with Crippen LogP contribution in [0.5, 0.6) is 0 Å². The Labute approximate surface area is 103 Å². The van der Waals surface area contributed by atoms with Gasteiger partial charge in [-0.1, -0.05) is 6.08 Å². The molecule has 2 aromatic rings. The van der Waals surface area contributed by atoms with Crippen molar-refractivity contribution >= 4 is 23.5 Å². The van der Waals surface area contributed by atoms with Gasteiger partial charge in [-0.05, 0) is 36.2 Å². The second-order valence-electron chi connectivity index (χ2n) is 3.74. The van der Waals surface area contributed by atoms with E-state index in [2.05, 4.69) is 15.3 Å². The van der Waals surface area contributed by atoms with Crippen molar-refractivity contribution in [2.24, 2.45) is 0 Å². The number of aromatic nitrogens is 2. The second-order valence-corrected chi connectivity index (χ2v) is 4.08. The third-order valence-corrected chi connectivity index (χ3v) is 2.79. The van der Waals surface area contributed by atoms with Crippen molar-refractivity contribution in [2.45, 2.75) is 13.0 Å². The van der Waals surface area contributed by atoms with E-state index in [9.17, 15) is 0 Å². The molecule has 0 spiro atoms. The van der Waals surface area contributed by atoms with Crippen molar-refractivity contribution in [1.29, 1.82) is 0 Å². The molecular formula is C12H10ClN3O. The molecule has 17 heavy (non-hydrogen) atoms. The number of nitrogens with zero attached hydrogens (tertiary/aromatic N) is 2.